The molecule has 0 spiro atoms. The van der Waals surface area contributed by atoms with Gasteiger partial charge in [0.15, 0.2) is 0 Å². The minimum absolute atomic E-state index is 0.127. The Balaban J connectivity index is 1.37. The van der Waals surface area contributed by atoms with Crippen molar-refractivity contribution in [3.05, 3.63) is 99.5 Å². The molecule has 1 aliphatic rings. The van der Waals surface area contributed by atoms with Crippen molar-refractivity contribution in [1.82, 2.24) is 4.90 Å². The number of hydrogen-bond acceptors (Lipinski definition) is 5. The van der Waals surface area contributed by atoms with Gasteiger partial charge < -0.3 is 14.7 Å². The molecule has 1 N–H and O–H groups in total. The Morgan fingerprint density at radius 2 is 1.82 bits per heavy atom. The van der Waals surface area contributed by atoms with Crippen molar-refractivity contribution >= 4 is 28.9 Å². The molecule has 0 aliphatic carbocycles. The quantitative estimate of drug-likeness (QED) is 0.387. The zero-order valence-corrected chi connectivity index (χ0v) is 20.5. The van der Waals surface area contributed by atoms with Crippen LogP contribution < -0.4 is 4.74 Å². The molecule has 0 saturated heterocycles. The number of nitrogens with zero attached hydrogens (tertiary/aromatic N) is 2. The number of benzene rings is 3. The van der Waals surface area contributed by atoms with Crippen molar-refractivity contribution in [1.29, 1.82) is 0 Å². The van der Waals surface area contributed by atoms with Crippen LogP contribution in [0.2, 0.25) is 10.0 Å². The Bertz CT molecular complexity index is 1120. The normalized spacial score (nSPS) is 16.3. The van der Waals surface area contributed by atoms with E-state index in [4.69, 9.17) is 32.8 Å². The van der Waals surface area contributed by atoms with Crippen LogP contribution in [0, 0.1) is 6.92 Å². The molecule has 34 heavy (non-hydrogen) atoms. The van der Waals surface area contributed by atoms with Crippen LogP contribution in [-0.4, -0.2) is 47.6 Å². The molecule has 2 atom stereocenters. The lowest BCUT2D eigenvalue weighted by Gasteiger charge is -2.27. The fourth-order valence-electron chi connectivity index (χ4n) is 3.96. The van der Waals surface area contributed by atoms with Crippen LogP contribution in [0.3, 0.4) is 0 Å². The third-order valence-electron chi connectivity index (χ3n) is 5.69. The fourth-order valence-corrected chi connectivity index (χ4v) is 4.26. The van der Waals surface area contributed by atoms with Crippen molar-refractivity contribution in [2.45, 2.75) is 32.1 Å². The number of ether oxygens (including phenoxy) is 1. The topological polar surface area (TPSA) is 54.3 Å². The van der Waals surface area contributed by atoms with Gasteiger partial charge in [-0.15, -0.1) is 0 Å². The van der Waals surface area contributed by atoms with Gasteiger partial charge in [-0.3, -0.25) is 4.90 Å². The van der Waals surface area contributed by atoms with E-state index >= 15 is 0 Å². The summed E-state index contributed by atoms with van der Waals surface area (Å²) in [5.41, 5.74) is 3.95. The largest absolute Gasteiger partial charge is 0.491 e. The number of aryl methyl sites for hydroxylation is 1. The molecule has 0 radical (unpaired) electrons. The van der Waals surface area contributed by atoms with Gasteiger partial charge in [0.2, 0.25) is 0 Å². The first kappa shape index (κ1) is 24.6. The van der Waals surface area contributed by atoms with Gasteiger partial charge in [0.1, 0.15) is 24.6 Å². The van der Waals surface area contributed by atoms with Gasteiger partial charge in [-0.05, 0) is 36.2 Å². The molecule has 178 valence electrons. The summed E-state index contributed by atoms with van der Waals surface area (Å²) < 4.78 is 5.86. The summed E-state index contributed by atoms with van der Waals surface area (Å²) in [7, 11) is 0. The summed E-state index contributed by atoms with van der Waals surface area (Å²) in [4.78, 5) is 7.92. The Morgan fingerprint density at radius 1 is 1.06 bits per heavy atom. The number of aliphatic hydroxyl groups excluding tert-OH is 1. The lowest BCUT2D eigenvalue weighted by molar-refractivity contribution is 0.0212. The SMILES string of the molecule is Cc1ccccc1OCC(O)CN(Cc1ccccc1)CC1CC(c2ccc(Cl)c(Cl)c2)=NO1. The molecule has 7 heteroatoms. The molecule has 4 rings (SSSR count). The van der Waals surface area contributed by atoms with Crippen molar-refractivity contribution in [3.8, 4) is 5.75 Å². The summed E-state index contributed by atoms with van der Waals surface area (Å²) in [6.45, 7) is 3.95. The molecule has 0 saturated carbocycles. The van der Waals surface area contributed by atoms with Crippen LogP contribution >= 0.6 is 23.2 Å². The van der Waals surface area contributed by atoms with Crippen LogP contribution in [0.5, 0.6) is 5.75 Å². The summed E-state index contributed by atoms with van der Waals surface area (Å²) in [6.07, 6.45) is -0.128. The molecular weight excluding hydrogens is 471 g/mol. The van der Waals surface area contributed by atoms with Gasteiger partial charge in [-0.1, -0.05) is 83.0 Å². The zero-order valence-electron chi connectivity index (χ0n) is 19.0. The summed E-state index contributed by atoms with van der Waals surface area (Å²) in [5, 5.41) is 16.0. The summed E-state index contributed by atoms with van der Waals surface area (Å²) in [6, 6.07) is 23.5. The molecule has 3 aromatic carbocycles. The first-order valence-corrected chi connectivity index (χ1v) is 12.0. The van der Waals surface area contributed by atoms with Crippen molar-refractivity contribution in [2.24, 2.45) is 5.16 Å². The van der Waals surface area contributed by atoms with Crippen LogP contribution in [0.25, 0.3) is 0 Å². The molecule has 0 bridgehead atoms. The molecule has 1 heterocycles. The van der Waals surface area contributed by atoms with E-state index in [1.165, 1.54) is 0 Å². The highest BCUT2D eigenvalue weighted by atomic mass is 35.5. The van der Waals surface area contributed by atoms with Crippen LogP contribution in [0.15, 0.2) is 78.0 Å². The number of aliphatic hydroxyl groups is 1. The molecule has 0 amide bonds. The molecule has 2 unspecified atom stereocenters. The van der Waals surface area contributed by atoms with Gasteiger partial charge in [0, 0.05) is 31.6 Å². The van der Waals surface area contributed by atoms with Crippen molar-refractivity contribution in [2.75, 3.05) is 19.7 Å². The highest BCUT2D eigenvalue weighted by Gasteiger charge is 2.26. The summed E-state index contributed by atoms with van der Waals surface area (Å²) in [5.74, 6) is 0.787. The van der Waals surface area contributed by atoms with E-state index in [0.29, 0.717) is 36.1 Å². The molecule has 1 aliphatic heterocycles. The Hall–Kier alpha value is -2.57. The van der Waals surface area contributed by atoms with Crippen LogP contribution in [0.4, 0.5) is 0 Å². The van der Waals surface area contributed by atoms with Gasteiger partial charge in [-0.2, -0.15) is 0 Å². The lowest BCUT2D eigenvalue weighted by atomic mass is 10.0. The molecule has 3 aromatic rings. The monoisotopic (exact) mass is 498 g/mol. The van der Waals surface area contributed by atoms with Gasteiger partial charge in [0.25, 0.3) is 0 Å². The average Bonchev–Trinajstić information content (AvgIpc) is 3.29. The molecule has 5 nitrogen and oxygen atoms in total. The molecule has 0 fully saturated rings. The van der Waals surface area contributed by atoms with E-state index in [2.05, 4.69) is 22.2 Å². The average molecular weight is 499 g/mol. The van der Waals surface area contributed by atoms with Gasteiger partial charge in [-0.25, -0.2) is 0 Å². The number of oxime groups is 1. The second-order valence-corrected chi connectivity index (χ2v) is 9.32. The Morgan fingerprint density at radius 3 is 2.59 bits per heavy atom. The van der Waals surface area contributed by atoms with Crippen molar-refractivity contribution < 1.29 is 14.7 Å². The highest BCUT2D eigenvalue weighted by Crippen LogP contribution is 2.26. The standard InChI is InChI=1S/C27H28Cl2N2O3/c1-19-7-5-6-10-27(19)33-18-22(32)16-31(15-20-8-3-2-4-9-20)17-23-14-26(30-34-23)21-11-12-24(28)25(29)13-21/h2-13,22-23,32H,14-18H2,1H3. The lowest BCUT2D eigenvalue weighted by Crippen LogP contribution is -2.39. The number of hydrogen-bond donors (Lipinski definition) is 1. The van der Waals surface area contributed by atoms with E-state index < -0.39 is 6.10 Å². The third-order valence-corrected chi connectivity index (χ3v) is 6.43. The van der Waals surface area contributed by atoms with Crippen LogP contribution in [-0.2, 0) is 11.4 Å². The Kier molecular flexibility index (Phi) is 8.46. The minimum Gasteiger partial charge on any atom is -0.491 e. The van der Waals surface area contributed by atoms with Gasteiger partial charge >= 0.3 is 0 Å². The minimum atomic E-state index is -0.653. The number of para-hydroxylation sites is 1. The van der Waals surface area contributed by atoms with Gasteiger partial charge in [0.05, 0.1) is 15.8 Å². The second kappa shape index (κ2) is 11.7. The molecular formula is C27H28Cl2N2O3. The van der Waals surface area contributed by atoms with E-state index in [-0.39, 0.29) is 12.7 Å². The van der Waals surface area contributed by atoms with E-state index in [1.54, 1.807) is 6.07 Å². The zero-order chi connectivity index (χ0) is 23.9. The van der Waals surface area contributed by atoms with E-state index in [1.807, 2.05) is 61.5 Å². The predicted molar refractivity (Wildman–Crippen MR) is 137 cm³/mol. The second-order valence-electron chi connectivity index (χ2n) is 8.51. The first-order chi connectivity index (χ1) is 16.5. The Labute approximate surface area is 210 Å². The highest BCUT2D eigenvalue weighted by molar-refractivity contribution is 6.42. The van der Waals surface area contributed by atoms with Crippen LogP contribution in [0.1, 0.15) is 23.1 Å². The fraction of sp³-hybridized carbons (Fsp3) is 0.296. The predicted octanol–water partition coefficient (Wildman–Crippen LogP) is 5.74. The smallest absolute Gasteiger partial charge is 0.145 e. The third kappa shape index (κ3) is 6.73. The van der Waals surface area contributed by atoms with E-state index in [0.717, 1.165) is 28.2 Å². The maximum atomic E-state index is 10.7. The maximum Gasteiger partial charge on any atom is 0.145 e. The van der Waals surface area contributed by atoms with Crippen molar-refractivity contribution in [3.63, 3.8) is 0 Å². The maximum absolute atomic E-state index is 10.7. The number of halogens is 2. The summed E-state index contributed by atoms with van der Waals surface area (Å²) >= 11 is 12.2. The number of rotatable bonds is 10. The molecule has 0 aromatic heterocycles. The van der Waals surface area contributed by atoms with E-state index in [9.17, 15) is 5.11 Å². The first-order valence-electron chi connectivity index (χ1n) is 11.3.